The van der Waals surface area contributed by atoms with Crippen LogP contribution in [0.1, 0.15) is 29.6 Å². The third-order valence-electron chi connectivity index (χ3n) is 2.94. The normalized spacial score (nSPS) is 18.6. The number of carbonyl (C=O) groups excluding carboxylic acids is 1. The van der Waals surface area contributed by atoms with Crippen LogP contribution in [0, 0.1) is 10.1 Å². The van der Waals surface area contributed by atoms with Crippen LogP contribution in [0.15, 0.2) is 12.3 Å². The van der Waals surface area contributed by atoms with E-state index in [1.165, 1.54) is 0 Å². The van der Waals surface area contributed by atoms with Gasteiger partial charge in [-0.1, -0.05) is 11.6 Å². The fourth-order valence-electron chi connectivity index (χ4n) is 1.92. The summed E-state index contributed by atoms with van der Waals surface area (Å²) in [6, 6.07) is 1.13. The maximum atomic E-state index is 11.9. The van der Waals surface area contributed by atoms with Gasteiger partial charge in [-0.25, -0.2) is 9.78 Å². The second-order valence-electron chi connectivity index (χ2n) is 4.37. The predicted molar refractivity (Wildman–Crippen MR) is 69.8 cm³/mol. The molecule has 0 saturated carbocycles. The number of ether oxygens (including phenoxy) is 2. The van der Waals surface area contributed by atoms with Gasteiger partial charge in [0.05, 0.1) is 11.0 Å². The molecule has 2 heterocycles. The first-order valence-electron chi connectivity index (χ1n) is 6.16. The van der Waals surface area contributed by atoms with Crippen molar-refractivity contribution in [2.75, 3.05) is 13.2 Å². The van der Waals surface area contributed by atoms with Crippen LogP contribution in [-0.2, 0) is 9.47 Å². The number of aromatic nitrogens is 1. The molecule has 20 heavy (non-hydrogen) atoms. The van der Waals surface area contributed by atoms with E-state index in [4.69, 9.17) is 21.1 Å². The summed E-state index contributed by atoms with van der Waals surface area (Å²) in [5, 5.41) is 10.8. The lowest BCUT2D eigenvalue weighted by atomic mass is 10.1. The number of esters is 1. The molecule has 1 unspecified atom stereocenters. The molecule has 1 aliphatic heterocycles. The Morgan fingerprint density at radius 2 is 2.40 bits per heavy atom. The van der Waals surface area contributed by atoms with E-state index < -0.39 is 16.6 Å². The number of carbonyl (C=O) groups is 1. The van der Waals surface area contributed by atoms with Crippen LogP contribution in [-0.4, -0.2) is 35.2 Å². The Bertz CT molecular complexity index is 517. The number of nitrogens with zero attached hydrogens (tertiary/aromatic N) is 2. The maximum absolute atomic E-state index is 11.9. The minimum Gasteiger partial charge on any atom is -0.459 e. The van der Waals surface area contributed by atoms with Crippen LogP contribution in [0.3, 0.4) is 0 Å². The quantitative estimate of drug-likeness (QED) is 0.367. The fourth-order valence-corrected chi connectivity index (χ4v) is 2.07. The minimum atomic E-state index is -0.796. The van der Waals surface area contributed by atoms with Gasteiger partial charge in [0.15, 0.2) is 0 Å². The van der Waals surface area contributed by atoms with Gasteiger partial charge in [-0.15, -0.1) is 0 Å². The first kappa shape index (κ1) is 14.7. The molecule has 108 valence electrons. The highest BCUT2D eigenvalue weighted by Gasteiger charge is 2.24. The first-order valence-corrected chi connectivity index (χ1v) is 6.54. The van der Waals surface area contributed by atoms with Crippen LogP contribution < -0.4 is 0 Å². The number of nitro groups is 1. The molecule has 1 aromatic rings. The fraction of sp³-hybridized carbons (Fsp3) is 0.500. The van der Waals surface area contributed by atoms with E-state index in [-0.39, 0.29) is 23.4 Å². The van der Waals surface area contributed by atoms with Crippen molar-refractivity contribution < 1.29 is 19.2 Å². The number of hydrogen-bond acceptors (Lipinski definition) is 6. The molecule has 0 spiro atoms. The SMILES string of the molecule is O=C(OCC1CCCCO1)c1cc(Cl)ncc1[N+](=O)[O-]. The lowest BCUT2D eigenvalue weighted by molar-refractivity contribution is -0.385. The van der Waals surface area contributed by atoms with Crippen molar-refractivity contribution in [2.24, 2.45) is 0 Å². The van der Waals surface area contributed by atoms with Crippen LogP contribution in [0.5, 0.6) is 0 Å². The molecule has 0 bridgehead atoms. The second kappa shape index (κ2) is 6.62. The van der Waals surface area contributed by atoms with Crippen molar-refractivity contribution in [2.45, 2.75) is 25.4 Å². The molecule has 0 N–H and O–H groups in total. The van der Waals surface area contributed by atoms with Crippen LogP contribution >= 0.6 is 11.6 Å². The molecule has 0 radical (unpaired) electrons. The molecule has 0 aromatic carbocycles. The minimum absolute atomic E-state index is 0.00327. The molecule has 8 heteroatoms. The topological polar surface area (TPSA) is 91.6 Å². The zero-order valence-electron chi connectivity index (χ0n) is 10.6. The summed E-state index contributed by atoms with van der Waals surface area (Å²) >= 11 is 5.65. The van der Waals surface area contributed by atoms with Gasteiger partial charge in [-0.2, -0.15) is 0 Å². The van der Waals surface area contributed by atoms with Gasteiger partial charge in [0.2, 0.25) is 0 Å². The molecule has 2 rings (SSSR count). The van der Waals surface area contributed by atoms with Crippen molar-refractivity contribution in [3.8, 4) is 0 Å². The molecule has 1 aromatic heterocycles. The highest BCUT2D eigenvalue weighted by Crippen LogP contribution is 2.22. The second-order valence-corrected chi connectivity index (χ2v) is 4.76. The molecular weight excluding hydrogens is 288 g/mol. The largest absolute Gasteiger partial charge is 0.459 e. The Hall–Kier alpha value is -1.73. The van der Waals surface area contributed by atoms with Gasteiger partial charge in [-0.3, -0.25) is 10.1 Å². The van der Waals surface area contributed by atoms with E-state index in [1.807, 2.05) is 0 Å². The lowest BCUT2D eigenvalue weighted by Crippen LogP contribution is -2.26. The Labute approximate surface area is 120 Å². The highest BCUT2D eigenvalue weighted by molar-refractivity contribution is 6.29. The number of rotatable bonds is 4. The molecule has 1 atom stereocenters. The van der Waals surface area contributed by atoms with Crippen molar-refractivity contribution in [1.82, 2.24) is 4.98 Å². The van der Waals surface area contributed by atoms with E-state index in [1.54, 1.807) is 0 Å². The van der Waals surface area contributed by atoms with Crippen molar-refractivity contribution in [1.29, 1.82) is 0 Å². The summed E-state index contributed by atoms with van der Waals surface area (Å²) < 4.78 is 10.5. The summed E-state index contributed by atoms with van der Waals surface area (Å²) in [5.74, 6) is -0.796. The van der Waals surface area contributed by atoms with E-state index in [0.29, 0.717) is 6.61 Å². The molecule has 1 saturated heterocycles. The third kappa shape index (κ3) is 3.64. The summed E-state index contributed by atoms with van der Waals surface area (Å²) in [4.78, 5) is 25.6. The predicted octanol–water partition coefficient (Wildman–Crippen LogP) is 2.37. The van der Waals surface area contributed by atoms with Gasteiger partial charge in [0, 0.05) is 6.61 Å². The lowest BCUT2D eigenvalue weighted by Gasteiger charge is -2.21. The summed E-state index contributed by atoms with van der Waals surface area (Å²) in [6.07, 6.45) is 3.62. The maximum Gasteiger partial charge on any atom is 0.345 e. The Balaban J connectivity index is 2.04. The molecular formula is C12H13ClN2O5. The van der Waals surface area contributed by atoms with Crippen LogP contribution in [0.25, 0.3) is 0 Å². The summed E-state index contributed by atoms with van der Waals surface area (Å²) in [6.45, 7) is 0.722. The van der Waals surface area contributed by atoms with E-state index in [0.717, 1.165) is 31.5 Å². The zero-order chi connectivity index (χ0) is 14.5. The number of pyridine rings is 1. The van der Waals surface area contributed by atoms with Crippen LogP contribution in [0.4, 0.5) is 5.69 Å². The molecule has 0 amide bonds. The van der Waals surface area contributed by atoms with E-state index in [9.17, 15) is 14.9 Å². The number of hydrogen-bond donors (Lipinski definition) is 0. The van der Waals surface area contributed by atoms with Crippen molar-refractivity contribution in [3.05, 3.63) is 33.1 Å². The van der Waals surface area contributed by atoms with Crippen molar-refractivity contribution >= 4 is 23.3 Å². The van der Waals surface area contributed by atoms with Gasteiger partial charge in [0.25, 0.3) is 0 Å². The van der Waals surface area contributed by atoms with Gasteiger partial charge in [0.1, 0.15) is 23.5 Å². The average molecular weight is 301 g/mol. The summed E-state index contributed by atoms with van der Waals surface area (Å²) in [5.41, 5.74) is -0.630. The van der Waals surface area contributed by atoms with Crippen LogP contribution in [0.2, 0.25) is 5.15 Å². The number of halogens is 1. The Kier molecular flexibility index (Phi) is 4.86. The van der Waals surface area contributed by atoms with Gasteiger partial charge < -0.3 is 9.47 Å². The Morgan fingerprint density at radius 1 is 1.60 bits per heavy atom. The zero-order valence-corrected chi connectivity index (χ0v) is 11.3. The average Bonchev–Trinajstić information content (AvgIpc) is 2.45. The monoisotopic (exact) mass is 300 g/mol. The van der Waals surface area contributed by atoms with Gasteiger partial charge in [-0.05, 0) is 25.3 Å². The molecule has 1 fully saturated rings. The summed E-state index contributed by atoms with van der Waals surface area (Å²) in [7, 11) is 0. The van der Waals surface area contributed by atoms with E-state index >= 15 is 0 Å². The van der Waals surface area contributed by atoms with E-state index in [2.05, 4.69) is 4.98 Å². The molecule has 7 nitrogen and oxygen atoms in total. The highest BCUT2D eigenvalue weighted by atomic mass is 35.5. The third-order valence-corrected chi connectivity index (χ3v) is 3.15. The first-order chi connectivity index (χ1) is 9.58. The smallest absolute Gasteiger partial charge is 0.345 e. The molecule has 1 aliphatic rings. The Morgan fingerprint density at radius 3 is 3.05 bits per heavy atom. The van der Waals surface area contributed by atoms with Crippen molar-refractivity contribution in [3.63, 3.8) is 0 Å². The van der Waals surface area contributed by atoms with Gasteiger partial charge >= 0.3 is 11.7 Å². The molecule has 0 aliphatic carbocycles. The standard InChI is InChI=1S/C12H13ClN2O5/c13-11-5-9(10(6-14-11)15(17)18)12(16)20-7-8-3-1-2-4-19-8/h5-6,8H,1-4,7H2.